The first-order valence-corrected chi connectivity index (χ1v) is 11.3. The van der Waals surface area contributed by atoms with Gasteiger partial charge in [0.05, 0.1) is 18.6 Å². The maximum absolute atomic E-state index is 12.7. The Morgan fingerprint density at radius 2 is 1.72 bits per heavy atom. The summed E-state index contributed by atoms with van der Waals surface area (Å²) >= 11 is 0. The molecule has 0 bridgehead atoms. The van der Waals surface area contributed by atoms with Crippen molar-refractivity contribution >= 4 is 22.5 Å². The van der Waals surface area contributed by atoms with Crippen LogP contribution in [-0.4, -0.2) is 41.9 Å². The highest BCUT2D eigenvalue weighted by Gasteiger charge is 2.43. The van der Waals surface area contributed by atoms with Gasteiger partial charge >= 0.3 is 0 Å². The topological polar surface area (TPSA) is 55.8 Å². The normalized spacial score (nSPS) is 17.1. The standard InChI is InChI=1S/C27H27NO4/c29-24-19-27(32-25-9-4-3-8-23(24)25)13-15-28(16-14-27)26(30)10-5-17-31-22-12-11-20-6-1-2-7-21(20)18-22/h1-4,6-9,11-12,18H,5,10,13-17,19H2. The van der Waals surface area contributed by atoms with E-state index in [9.17, 15) is 9.59 Å². The summed E-state index contributed by atoms with van der Waals surface area (Å²) in [5.74, 6) is 1.78. The number of carbonyl (C=O) groups is 2. The molecular formula is C27H27NO4. The number of rotatable bonds is 5. The molecule has 2 heterocycles. The molecule has 5 nitrogen and oxygen atoms in total. The lowest BCUT2D eigenvalue weighted by molar-refractivity contribution is -0.135. The lowest BCUT2D eigenvalue weighted by Gasteiger charge is -2.44. The Balaban J connectivity index is 1.09. The average Bonchev–Trinajstić information content (AvgIpc) is 2.82. The zero-order valence-corrected chi connectivity index (χ0v) is 18.1. The van der Waals surface area contributed by atoms with Crippen LogP contribution in [0.25, 0.3) is 10.8 Å². The van der Waals surface area contributed by atoms with Gasteiger partial charge in [-0.05, 0) is 41.5 Å². The van der Waals surface area contributed by atoms with Crippen LogP contribution in [0.2, 0.25) is 0 Å². The maximum Gasteiger partial charge on any atom is 0.222 e. The van der Waals surface area contributed by atoms with Crippen molar-refractivity contribution in [2.75, 3.05) is 19.7 Å². The molecule has 2 aliphatic heterocycles. The number of piperidine rings is 1. The number of benzene rings is 3. The van der Waals surface area contributed by atoms with Crippen molar-refractivity contribution in [1.82, 2.24) is 4.90 Å². The first-order valence-electron chi connectivity index (χ1n) is 11.3. The van der Waals surface area contributed by atoms with Crippen molar-refractivity contribution in [2.24, 2.45) is 0 Å². The Kier molecular flexibility index (Phi) is 5.56. The molecule has 5 rings (SSSR count). The molecule has 5 heteroatoms. The van der Waals surface area contributed by atoms with Gasteiger partial charge in [-0.3, -0.25) is 9.59 Å². The zero-order valence-electron chi connectivity index (χ0n) is 18.1. The molecule has 164 valence electrons. The van der Waals surface area contributed by atoms with Crippen LogP contribution in [-0.2, 0) is 4.79 Å². The molecule has 1 amide bonds. The molecule has 3 aromatic rings. The fourth-order valence-electron chi connectivity index (χ4n) is 4.71. The summed E-state index contributed by atoms with van der Waals surface area (Å²) in [7, 11) is 0. The van der Waals surface area contributed by atoms with Crippen LogP contribution in [0.5, 0.6) is 11.5 Å². The Bertz CT molecular complexity index is 1150. The first-order chi connectivity index (χ1) is 15.6. The first kappa shape index (κ1) is 20.6. The molecule has 0 aromatic heterocycles. The highest BCUT2D eigenvalue weighted by molar-refractivity contribution is 6.00. The third-order valence-electron chi connectivity index (χ3n) is 6.55. The molecule has 2 aliphatic rings. The fourth-order valence-corrected chi connectivity index (χ4v) is 4.71. The summed E-state index contributed by atoms with van der Waals surface area (Å²) in [4.78, 5) is 27.1. The predicted molar refractivity (Wildman–Crippen MR) is 123 cm³/mol. The van der Waals surface area contributed by atoms with Crippen molar-refractivity contribution in [2.45, 2.75) is 37.7 Å². The number of fused-ring (bicyclic) bond motifs is 2. The van der Waals surface area contributed by atoms with E-state index in [4.69, 9.17) is 9.47 Å². The monoisotopic (exact) mass is 429 g/mol. The Labute approximate surface area is 187 Å². The number of nitrogens with zero attached hydrogens (tertiary/aromatic N) is 1. The molecule has 0 unspecified atom stereocenters. The lowest BCUT2D eigenvalue weighted by atomic mass is 9.82. The summed E-state index contributed by atoms with van der Waals surface area (Å²) in [6.07, 6.45) is 2.91. The number of ether oxygens (including phenoxy) is 2. The number of carbonyl (C=O) groups excluding carboxylic acids is 2. The largest absolute Gasteiger partial charge is 0.494 e. The molecule has 1 spiro atoms. The molecule has 0 N–H and O–H groups in total. The second-order valence-electron chi connectivity index (χ2n) is 8.72. The van der Waals surface area contributed by atoms with Crippen LogP contribution in [0.4, 0.5) is 0 Å². The van der Waals surface area contributed by atoms with E-state index in [1.54, 1.807) is 0 Å². The maximum atomic E-state index is 12.7. The van der Waals surface area contributed by atoms with E-state index >= 15 is 0 Å². The highest BCUT2D eigenvalue weighted by Crippen LogP contribution is 2.39. The van der Waals surface area contributed by atoms with E-state index < -0.39 is 5.60 Å². The molecule has 1 fully saturated rings. The number of ketones is 1. The number of para-hydroxylation sites is 1. The molecule has 0 radical (unpaired) electrons. The predicted octanol–water partition coefficient (Wildman–Crippen LogP) is 5.03. The van der Waals surface area contributed by atoms with Crippen LogP contribution in [0.3, 0.4) is 0 Å². The van der Waals surface area contributed by atoms with Crippen LogP contribution >= 0.6 is 0 Å². The molecule has 0 atom stereocenters. The third-order valence-corrected chi connectivity index (χ3v) is 6.55. The molecule has 32 heavy (non-hydrogen) atoms. The fraction of sp³-hybridized carbons (Fsp3) is 0.333. The quantitative estimate of drug-likeness (QED) is 0.534. The van der Waals surface area contributed by atoms with Crippen LogP contribution in [0, 0.1) is 0 Å². The van der Waals surface area contributed by atoms with Gasteiger partial charge in [0.2, 0.25) is 5.91 Å². The van der Waals surface area contributed by atoms with Gasteiger partial charge in [0, 0.05) is 32.4 Å². The molecule has 1 saturated heterocycles. The Hall–Kier alpha value is -3.34. The van der Waals surface area contributed by atoms with E-state index in [2.05, 4.69) is 18.2 Å². The summed E-state index contributed by atoms with van der Waals surface area (Å²) in [5, 5.41) is 2.33. The van der Waals surface area contributed by atoms with Gasteiger partial charge in [-0.25, -0.2) is 0 Å². The van der Waals surface area contributed by atoms with E-state index in [0.29, 0.717) is 63.1 Å². The Morgan fingerprint density at radius 3 is 2.56 bits per heavy atom. The van der Waals surface area contributed by atoms with Gasteiger partial charge < -0.3 is 14.4 Å². The lowest BCUT2D eigenvalue weighted by Crippen LogP contribution is -2.52. The minimum absolute atomic E-state index is 0.137. The number of amides is 1. The Morgan fingerprint density at radius 1 is 0.969 bits per heavy atom. The summed E-state index contributed by atoms with van der Waals surface area (Å²) in [6.45, 7) is 1.76. The van der Waals surface area contributed by atoms with E-state index in [-0.39, 0.29) is 11.7 Å². The molecule has 0 aliphatic carbocycles. The van der Waals surface area contributed by atoms with E-state index in [1.807, 2.05) is 53.4 Å². The highest BCUT2D eigenvalue weighted by atomic mass is 16.5. The zero-order chi connectivity index (χ0) is 22.0. The number of likely N-dealkylation sites (tertiary alicyclic amines) is 1. The average molecular weight is 430 g/mol. The summed E-state index contributed by atoms with van der Waals surface area (Å²) in [6, 6.07) is 21.7. The van der Waals surface area contributed by atoms with Gasteiger partial charge in [-0.1, -0.05) is 42.5 Å². The van der Waals surface area contributed by atoms with Crippen molar-refractivity contribution in [1.29, 1.82) is 0 Å². The molecule has 0 saturated carbocycles. The van der Waals surface area contributed by atoms with Crippen molar-refractivity contribution in [3.8, 4) is 11.5 Å². The van der Waals surface area contributed by atoms with Gasteiger partial charge in [0.25, 0.3) is 0 Å². The third kappa shape index (κ3) is 4.20. The van der Waals surface area contributed by atoms with Crippen molar-refractivity contribution < 1.29 is 19.1 Å². The summed E-state index contributed by atoms with van der Waals surface area (Å²) < 4.78 is 12.1. The number of Topliss-reactive ketones (excluding diaryl/α,β-unsaturated/α-hetero) is 1. The van der Waals surface area contributed by atoms with Gasteiger partial charge in [-0.2, -0.15) is 0 Å². The van der Waals surface area contributed by atoms with Crippen LogP contribution in [0.15, 0.2) is 66.7 Å². The second-order valence-corrected chi connectivity index (χ2v) is 8.72. The van der Waals surface area contributed by atoms with Crippen LogP contribution in [0.1, 0.15) is 42.5 Å². The molecule has 3 aromatic carbocycles. The van der Waals surface area contributed by atoms with Gasteiger partial charge in [-0.15, -0.1) is 0 Å². The summed E-state index contributed by atoms with van der Waals surface area (Å²) in [5.41, 5.74) is 0.199. The smallest absolute Gasteiger partial charge is 0.222 e. The molecular weight excluding hydrogens is 402 g/mol. The van der Waals surface area contributed by atoms with Crippen LogP contribution < -0.4 is 9.47 Å². The SMILES string of the molecule is O=C1CC2(CCN(C(=O)CCCOc3ccc4ccccc4c3)CC2)Oc2ccccc21. The van der Waals surface area contributed by atoms with Crippen molar-refractivity contribution in [3.63, 3.8) is 0 Å². The minimum Gasteiger partial charge on any atom is -0.494 e. The van der Waals surface area contributed by atoms with E-state index in [0.717, 1.165) is 11.1 Å². The van der Waals surface area contributed by atoms with Gasteiger partial charge in [0.15, 0.2) is 5.78 Å². The number of hydrogen-bond acceptors (Lipinski definition) is 4. The second kappa shape index (κ2) is 8.65. The number of hydrogen-bond donors (Lipinski definition) is 0. The van der Waals surface area contributed by atoms with E-state index in [1.165, 1.54) is 5.39 Å². The minimum atomic E-state index is -0.471. The van der Waals surface area contributed by atoms with Gasteiger partial charge in [0.1, 0.15) is 17.1 Å². The van der Waals surface area contributed by atoms with Crippen molar-refractivity contribution in [3.05, 3.63) is 72.3 Å².